The summed E-state index contributed by atoms with van der Waals surface area (Å²) in [6.07, 6.45) is 12.6. The number of nitro benzene ring substituents is 1. The van der Waals surface area contributed by atoms with E-state index in [9.17, 15) is 61.6 Å². The van der Waals surface area contributed by atoms with Gasteiger partial charge in [0.2, 0.25) is 47.0 Å². The Morgan fingerprint density at radius 3 is 1.80 bits per heavy atom. The van der Waals surface area contributed by atoms with Gasteiger partial charge in [-0.15, -0.1) is 0 Å². The second kappa shape index (κ2) is 45.8. The molecule has 3 heterocycles. The van der Waals surface area contributed by atoms with Crippen molar-refractivity contribution in [2.24, 2.45) is 5.73 Å². The minimum Gasteiger partial charge on any atom is -0.542 e. The first-order valence-electron chi connectivity index (χ1n) is 37.3. The third-order valence-corrected chi connectivity index (χ3v) is 18.7. The minimum atomic E-state index is -5.19. The van der Waals surface area contributed by atoms with Gasteiger partial charge in [0.25, 0.3) is 11.6 Å². The number of allylic oxidation sites excluding steroid dienone is 4. The molecule has 0 unspecified atom stereocenters. The Balaban J connectivity index is 0.00000279. The van der Waals surface area contributed by atoms with Gasteiger partial charge >= 0.3 is 6.18 Å². The van der Waals surface area contributed by atoms with Crippen LogP contribution >= 0.6 is 0 Å². The Kier molecular flexibility index (Phi) is 37.7. The summed E-state index contributed by atoms with van der Waals surface area (Å²) in [6.45, 7) is 19.4. The predicted molar refractivity (Wildman–Crippen MR) is 403 cm³/mol. The van der Waals surface area contributed by atoms with E-state index in [1.165, 1.54) is 57.0 Å². The average Bonchev–Trinajstić information content (AvgIpc) is 1.61. The topological polar surface area (TPSA) is 373 Å². The molecule has 0 aliphatic carbocycles. The molecule has 27 nitrogen and oxygen atoms in total. The molecule has 0 fully saturated rings. The Bertz CT molecular complexity index is 3600. The van der Waals surface area contributed by atoms with Crippen molar-refractivity contribution < 1.29 is 75.7 Å². The Morgan fingerprint density at radius 2 is 1.18 bits per heavy atom. The number of carboxylic acids is 1. The number of hydrogen-bond donors (Lipinski definition) is 10. The summed E-state index contributed by atoms with van der Waals surface area (Å²) in [4.78, 5) is 128. The van der Waals surface area contributed by atoms with E-state index in [0.717, 1.165) is 71.2 Å². The SMILES string of the molecule is C=CC(=O)NCCCCCC(=O)N[C@@H](CCC(=O)N1CCc2c(OCC(=O)NCCCCNC(=O)CCC(=O)NCCCNCCCCNCCCN)ccc([N+](=O)[O-])c21)C(=O)NCCCNC(=O)CCCCCN1/C(=C/C=C/C2=[N+](C)c3ccccc3C2(C)C)C(C)(C)c2ccccc21.O=C([O-])C(F)(F)F. The number of nitrogens with two attached hydrogens (primary N) is 1. The van der Waals surface area contributed by atoms with Gasteiger partial charge in [0.1, 0.15) is 30.5 Å². The number of carbonyl (C=O) groups is 9. The molecule has 8 amide bonds. The number of fused-ring (bicyclic) bond motifs is 3. The maximum absolute atomic E-state index is 14.1. The van der Waals surface area contributed by atoms with Gasteiger partial charge in [-0.2, -0.15) is 17.7 Å². The van der Waals surface area contributed by atoms with Crippen LogP contribution in [0, 0.1) is 10.1 Å². The molecule has 0 saturated heterocycles. The molecule has 11 N–H and O–H groups in total. The summed E-state index contributed by atoms with van der Waals surface area (Å²) in [5.41, 5.74) is 12.7. The number of halogens is 3. The zero-order valence-corrected chi connectivity index (χ0v) is 62.7. The Morgan fingerprint density at radius 1 is 0.645 bits per heavy atom. The molecule has 6 rings (SSSR count). The van der Waals surface area contributed by atoms with Gasteiger partial charge in [-0.1, -0.05) is 75.7 Å². The standard InChI is InChI=1S/C75H110N14O11.C2HF3O2/c1-7-65(90)79-46-16-8-10-33-69(94)85-58(73(97)84-51-25-50-81-66(91)32-11-9-21-52-87-60-29-15-13-27-57(60)75(4,5)64(87)31-22-30-63-74(2,3)56-26-12-14-28-59(56)86(63)6)34-39-71(96)88-53-40-55-62(36-35-61(72(55)88)89(98)99)100-54-70(95)83-48-20-19-47-80-67(92)37-38-68(93)82-49-24-45-78-43-18-17-42-77-44-23-41-76;3-2(4,5)1(6)7/h7,12-15,22,26-31,35-36,58,77-78H,1,8-11,16-21,23-25,32-34,37-54,76H2,2-6H3,(H6-,79,80,81,82,83,84,85,90,91,92,93,94,95,97);(H,6,7)/t58-;/m0./s1. The number of anilines is 2. The number of benzene rings is 3. The number of amides is 8. The van der Waals surface area contributed by atoms with Crippen LogP contribution in [0.5, 0.6) is 5.75 Å². The van der Waals surface area contributed by atoms with E-state index in [-0.39, 0.29) is 103 Å². The first kappa shape index (κ1) is 88.1. The van der Waals surface area contributed by atoms with Crippen LogP contribution in [0.3, 0.4) is 0 Å². The number of ether oxygens (including phenoxy) is 1. The molecule has 30 heteroatoms. The minimum absolute atomic E-state index is 0.0337. The van der Waals surface area contributed by atoms with Gasteiger partial charge in [-0.3, -0.25) is 48.5 Å². The Hall–Kier alpha value is -9.55. The van der Waals surface area contributed by atoms with Gasteiger partial charge in [0.05, 0.1) is 10.3 Å². The lowest BCUT2D eigenvalue weighted by Crippen LogP contribution is -2.47. The molecule has 0 radical (unpaired) electrons. The van der Waals surface area contributed by atoms with Crippen molar-refractivity contribution in [3.05, 3.63) is 124 Å². The molecule has 1 atom stereocenters. The summed E-state index contributed by atoms with van der Waals surface area (Å²) >= 11 is 0. The van der Waals surface area contributed by atoms with E-state index in [1.807, 2.05) is 0 Å². The molecular weight excluding hydrogens is 1390 g/mol. The number of unbranched alkanes of at least 4 members (excludes halogenated alkanes) is 6. The van der Waals surface area contributed by atoms with Crippen LogP contribution in [0.1, 0.15) is 166 Å². The third kappa shape index (κ3) is 29.3. The highest BCUT2D eigenvalue weighted by Gasteiger charge is 2.44. The lowest BCUT2D eigenvalue weighted by Gasteiger charge is -2.27. The normalized spacial score (nSPS) is 14.4. The summed E-state index contributed by atoms with van der Waals surface area (Å²) < 4.78 is 39.7. The Labute approximate surface area is 625 Å². The number of aliphatic carboxylic acids is 1. The van der Waals surface area contributed by atoms with E-state index in [4.69, 9.17) is 20.4 Å². The number of para-hydroxylation sites is 2. The van der Waals surface area contributed by atoms with Crippen molar-refractivity contribution in [3.63, 3.8) is 0 Å². The van der Waals surface area contributed by atoms with Crippen LogP contribution in [-0.4, -0.2) is 179 Å². The van der Waals surface area contributed by atoms with Crippen molar-refractivity contribution in [2.75, 3.05) is 109 Å². The molecular formula is C77H111F3N14O13. The lowest BCUT2D eigenvalue weighted by molar-refractivity contribution is -0.401. The largest absolute Gasteiger partial charge is 0.542 e. The van der Waals surface area contributed by atoms with Crippen molar-refractivity contribution in [3.8, 4) is 5.75 Å². The van der Waals surface area contributed by atoms with Crippen LogP contribution in [0.4, 0.5) is 35.9 Å². The molecule has 0 saturated carbocycles. The quantitative estimate of drug-likeness (QED) is 0.0101. The van der Waals surface area contributed by atoms with Crippen LogP contribution < -0.4 is 73.2 Å². The number of nitrogens with zero attached hydrogens (tertiary/aromatic N) is 4. The number of nitrogens with one attached hydrogen (secondary N) is 9. The second-order valence-electron chi connectivity index (χ2n) is 27.6. The van der Waals surface area contributed by atoms with Gasteiger partial charge in [0.15, 0.2) is 12.3 Å². The number of rotatable bonds is 48. The van der Waals surface area contributed by atoms with E-state index >= 15 is 0 Å². The smallest absolute Gasteiger partial charge is 0.430 e. The first-order chi connectivity index (χ1) is 51.1. The fourth-order valence-electron chi connectivity index (χ4n) is 12.9. The zero-order valence-electron chi connectivity index (χ0n) is 62.7. The summed E-state index contributed by atoms with van der Waals surface area (Å²) in [7, 11) is 2.13. The monoisotopic (exact) mass is 1500 g/mol. The molecule has 107 heavy (non-hydrogen) atoms. The van der Waals surface area contributed by atoms with Crippen molar-refractivity contribution in [1.82, 2.24) is 47.9 Å². The van der Waals surface area contributed by atoms with Gasteiger partial charge in [-0.05, 0) is 160 Å². The molecule has 3 aliphatic rings. The van der Waals surface area contributed by atoms with E-state index in [2.05, 4.69) is 165 Å². The van der Waals surface area contributed by atoms with Crippen molar-refractivity contribution >= 4 is 81.7 Å². The fourth-order valence-corrected chi connectivity index (χ4v) is 12.9. The predicted octanol–water partition coefficient (Wildman–Crippen LogP) is 6.02. The second-order valence-corrected chi connectivity index (χ2v) is 27.6. The van der Waals surface area contributed by atoms with Crippen molar-refractivity contribution in [2.45, 2.75) is 179 Å². The molecule has 0 spiro atoms. The van der Waals surface area contributed by atoms with Crippen LogP contribution in [0.15, 0.2) is 97.2 Å². The number of nitro groups is 1. The molecule has 0 aromatic heterocycles. The number of alkyl halides is 3. The highest BCUT2D eigenvalue weighted by molar-refractivity contribution is 6.03. The molecule has 3 aliphatic heterocycles. The van der Waals surface area contributed by atoms with E-state index in [0.29, 0.717) is 96.2 Å². The van der Waals surface area contributed by atoms with Crippen LogP contribution in [0.25, 0.3) is 0 Å². The molecule has 3 aromatic rings. The van der Waals surface area contributed by atoms with Gasteiger partial charge in [-0.25, -0.2) is 0 Å². The summed E-state index contributed by atoms with van der Waals surface area (Å²) in [5, 5.41) is 47.6. The fraction of sp³-hybridized carbons (Fsp3) is 0.558. The van der Waals surface area contributed by atoms with Gasteiger partial charge in [0, 0.05) is 131 Å². The maximum atomic E-state index is 14.1. The lowest BCUT2D eigenvalue weighted by atomic mass is 9.81. The molecule has 0 bridgehead atoms. The first-order valence-corrected chi connectivity index (χ1v) is 37.3. The maximum Gasteiger partial charge on any atom is 0.430 e. The zero-order chi connectivity index (χ0) is 78.4. The number of carbonyl (C=O) groups excluding carboxylic acids is 9. The summed E-state index contributed by atoms with van der Waals surface area (Å²) in [5.74, 6) is -5.53. The van der Waals surface area contributed by atoms with E-state index < -0.39 is 53.3 Å². The summed E-state index contributed by atoms with van der Waals surface area (Å²) in [6, 6.07) is 18.6. The van der Waals surface area contributed by atoms with Gasteiger partial charge < -0.3 is 78.0 Å². The van der Waals surface area contributed by atoms with Crippen LogP contribution in [0.2, 0.25) is 0 Å². The third-order valence-electron chi connectivity index (χ3n) is 18.7. The number of hydrogen-bond acceptors (Lipinski definition) is 17. The van der Waals surface area contributed by atoms with E-state index in [1.54, 1.807) is 0 Å². The highest BCUT2D eigenvalue weighted by atomic mass is 19.4. The van der Waals surface area contributed by atoms with Crippen molar-refractivity contribution in [1.29, 1.82) is 0 Å². The highest BCUT2D eigenvalue weighted by Crippen LogP contribution is 2.48. The average molecular weight is 1500 g/mol. The molecule has 588 valence electrons. The number of carboxylic acid groups (broad SMARTS) is 1. The molecule has 3 aromatic carbocycles. The van der Waals surface area contributed by atoms with Crippen LogP contribution in [-0.2, 0) is 60.4 Å².